The van der Waals surface area contributed by atoms with Crippen molar-refractivity contribution in [2.75, 3.05) is 31.1 Å². The van der Waals surface area contributed by atoms with Crippen molar-refractivity contribution >= 4 is 23.4 Å². The van der Waals surface area contributed by atoms with Crippen LogP contribution in [-0.2, 0) is 11.2 Å². The van der Waals surface area contributed by atoms with Gasteiger partial charge >= 0.3 is 0 Å². The molecule has 0 atom stereocenters. The van der Waals surface area contributed by atoms with Gasteiger partial charge in [0.15, 0.2) is 5.82 Å². The van der Waals surface area contributed by atoms with Crippen LogP contribution in [0.5, 0.6) is 11.5 Å². The number of methoxy groups -OCH3 is 2. The van der Waals surface area contributed by atoms with Crippen molar-refractivity contribution in [2.24, 2.45) is 5.92 Å². The van der Waals surface area contributed by atoms with Gasteiger partial charge in [-0.1, -0.05) is 43.9 Å². The Morgan fingerprint density at radius 1 is 1.24 bits per heavy atom. The van der Waals surface area contributed by atoms with Crippen LogP contribution < -0.4 is 20.6 Å². The molecule has 3 N–H and O–H groups in total. The molecule has 8 nitrogen and oxygen atoms in total. The molecule has 158 valence electrons. The molecule has 3 rings (SSSR count). The number of benzene rings is 1. The third-order valence-electron chi connectivity index (χ3n) is 5.25. The number of thioether (sulfide) groups is 1. The largest absolute Gasteiger partial charge is 0.497 e. The van der Waals surface area contributed by atoms with Crippen molar-refractivity contribution in [3.63, 3.8) is 0 Å². The number of rotatable bonds is 9. The maximum absolute atomic E-state index is 12.4. The zero-order chi connectivity index (χ0) is 20.6. The topological polar surface area (TPSA) is 104 Å². The van der Waals surface area contributed by atoms with Crippen LogP contribution in [0.15, 0.2) is 23.4 Å². The third-order valence-corrected chi connectivity index (χ3v) is 6.19. The van der Waals surface area contributed by atoms with Crippen molar-refractivity contribution in [1.29, 1.82) is 0 Å². The van der Waals surface area contributed by atoms with Crippen LogP contribution in [-0.4, -0.2) is 40.8 Å². The van der Waals surface area contributed by atoms with Crippen molar-refractivity contribution < 1.29 is 14.3 Å². The molecule has 1 aliphatic carbocycles. The number of amides is 1. The monoisotopic (exact) mass is 419 g/mol. The molecule has 2 aromatic rings. The van der Waals surface area contributed by atoms with Crippen molar-refractivity contribution in [2.45, 2.75) is 50.1 Å². The number of aromatic nitrogens is 3. The molecular weight excluding hydrogens is 390 g/mol. The Balaban J connectivity index is 1.52. The molecule has 1 aromatic carbocycles. The fraction of sp³-hybridized carbons (Fsp3) is 0.550. The molecule has 1 heterocycles. The summed E-state index contributed by atoms with van der Waals surface area (Å²) < 4.78 is 12.0. The molecule has 0 bridgehead atoms. The lowest BCUT2D eigenvalue weighted by Crippen LogP contribution is -2.18. The Morgan fingerprint density at radius 2 is 2.03 bits per heavy atom. The third kappa shape index (κ3) is 5.79. The summed E-state index contributed by atoms with van der Waals surface area (Å²) in [5.41, 5.74) is 0.555. The number of nitrogens with zero attached hydrogens (tertiary/aromatic N) is 3. The molecule has 0 unspecified atom stereocenters. The second-order valence-electron chi connectivity index (χ2n) is 7.21. The highest BCUT2D eigenvalue weighted by Crippen LogP contribution is 2.30. The van der Waals surface area contributed by atoms with Gasteiger partial charge in [0.1, 0.15) is 11.5 Å². The summed E-state index contributed by atoms with van der Waals surface area (Å²) >= 11 is 1.26. The number of carbonyl (C=O) groups excluding carboxylic acids is 1. The van der Waals surface area contributed by atoms with Gasteiger partial charge in [0, 0.05) is 12.5 Å². The van der Waals surface area contributed by atoms with Crippen molar-refractivity contribution in [3.8, 4) is 11.5 Å². The lowest BCUT2D eigenvalue weighted by molar-refractivity contribution is -0.113. The van der Waals surface area contributed by atoms with Gasteiger partial charge in [-0.25, -0.2) is 4.68 Å². The predicted molar refractivity (Wildman–Crippen MR) is 114 cm³/mol. The molecule has 1 aromatic heterocycles. The normalized spacial score (nSPS) is 14.6. The first kappa shape index (κ1) is 21.3. The van der Waals surface area contributed by atoms with E-state index in [0.29, 0.717) is 22.3 Å². The Kier molecular flexibility index (Phi) is 7.62. The smallest absolute Gasteiger partial charge is 0.234 e. The van der Waals surface area contributed by atoms with Gasteiger partial charge in [-0.05, 0) is 24.5 Å². The van der Waals surface area contributed by atoms with Crippen LogP contribution in [0, 0.1) is 5.92 Å². The molecule has 1 aliphatic rings. The number of hydrogen-bond donors (Lipinski definition) is 2. The van der Waals surface area contributed by atoms with E-state index in [1.807, 2.05) is 0 Å². The van der Waals surface area contributed by atoms with Gasteiger partial charge in [0.05, 0.1) is 25.7 Å². The predicted octanol–water partition coefficient (Wildman–Crippen LogP) is 3.25. The van der Waals surface area contributed by atoms with Gasteiger partial charge in [-0.3, -0.25) is 4.79 Å². The van der Waals surface area contributed by atoms with Crippen LogP contribution in [0.4, 0.5) is 5.69 Å². The molecule has 1 saturated carbocycles. The maximum atomic E-state index is 12.4. The average Bonchev–Trinajstić information content (AvgIpc) is 3.10. The summed E-state index contributed by atoms with van der Waals surface area (Å²) in [5.74, 6) is 8.86. The number of carbonyl (C=O) groups is 1. The van der Waals surface area contributed by atoms with E-state index in [9.17, 15) is 4.79 Å². The van der Waals surface area contributed by atoms with Gasteiger partial charge in [0.2, 0.25) is 11.1 Å². The average molecular weight is 420 g/mol. The minimum absolute atomic E-state index is 0.165. The summed E-state index contributed by atoms with van der Waals surface area (Å²) in [5, 5.41) is 11.7. The standard InChI is InChI=1S/C20H29N5O3S/c1-27-15-9-10-17(28-2)16(12-15)22-19(26)13-29-20-24-23-18(25(20)21)11-8-14-6-4-3-5-7-14/h9-10,12,14H,3-8,11,13,21H2,1-2H3,(H,22,26). The Morgan fingerprint density at radius 3 is 2.76 bits per heavy atom. The number of aryl methyl sites for hydroxylation is 1. The summed E-state index contributed by atoms with van der Waals surface area (Å²) in [4.78, 5) is 12.4. The fourth-order valence-electron chi connectivity index (χ4n) is 3.61. The number of nitrogens with one attached hydrogen (secondary N) is 1. The molecule has 1 amide bonds. The molecule has 0 radical (unpaired) electrons. The Hall–Kier alpha value is -2.42. The maximum Gasteiger partial charge on any atom is 0.234 e. The van der Waals surface area contributed by atoms with E-state index < -0.39 is 0 Å². The first-order valence-electron chi connectivity index (χ1n) is 9.94. The number of hydrogen-bond acceptors (Lipinski definition) is 7. The van der Waals surface area contributed by atoms with E-state index in [1.165, 1.54) is 48.5 Å². The van der Waals surface area contributed by atoms with Crippen molar-refractivity contribution in [3.05, 3.63) is 24.0 Å². The van der Waals surface area contributed by atoms with Gasteiger partial charge in [-0.15, -0.1) is 10.2 Å². The van der Waals surface area contributed by atoms with Crippen molar-refractivity contribution in [1.82, 2.24) is 14.9 Å². The zero-order valence-electron chi connectivity index (χ0n) is 17.0. The molecule has 9 heteroatoms. The van der Waals surface area contributed by atoms with Crippen LogP contribution in [0.3, 0.4) is 0 Å². The quantitative estimate of drug-likeness (QED) is 0.475. The lowest BCUT2D eigenvalue weighted by atomic mass is 9.86. The van der Waals surface area contributed by atoms with E-state index >= 15 is 0 Å². The van der Waals surface area contributed by atoms with E-state index in [-0.39, 0.29) is 11.7 Å². The van der Waals surface area contributed by atoms with Crippen LogP contribution in [0.2, 0.25) is 0 Å². The van der Waals surface area contributed by atoms with E-state index in [2.05, 4.69) is 15.5 Å². The molecule has 0 saturated heterocycles. The fourth-order valence-corrected chi connectivity index (χ4v) is 4.29. The van der Waals surface area contributed by atoms with Gasteiger partial charge < -0.3 is 20.6 Å². The lowest BCUT2D eigenvalue weighted by Gasteiger charge is -2.20. The summed E-state index contributed by atoms with van der Waals surface area (Å²) in [7, 11) is 3.13. The molecule has 0 aliphatic heterocycles. The SMILES string of the molecule is COc1ccc(OC)c(NC(=O)CSc2nnc(CCC3CCCCC3)n2N)c1. The molecular formula is C20H29N5O3S. The second kappa shape index (κ2) is 10.4. The van der Waals surface area contributed by atoms with Gasteiger partial charge in [0.25, 0.3) is 0 Å². The first-order valence-corrected chi connectivity index (χ1v) is 10.9. The highest BCUT2D eigenvalue weighted by atomic mass is 32.2. The number of anilines is 1. The zero-order valence-corrected chi connectivity index (χ0v) is 17.8. The van der Waals surface area contributed by atoms with E-state index in [0.717, 1.165) is 24.6 Å². The van der Waals surface area contributed by atoms with Gasteiger partial charge in [-0.2, -0.15) is 0 Å². The highest BCUT2D eigenvalue weighted by molar-refractivity contribution is 7.99. The molecule has 29 heavy (non-hydrogen) atoms. The summed E-state index contributed by atoms with van der Waals surface area (Å²) in [6.45, 7) is 0. The first-order chi connectivity index (χ1) is 14.1. The summed E-state index contributed by atoms with van der Waals surface area (Å²) in [6.07, 6.45) is 8.52. The summed E-state index contributed by atoms with van der Waals surface area (Å²) in [6, 6.07) is 5.24. The number of ether oxygens (including phenoxy) is 2. The van der Waals surface area contributed by atoms with E-state index in [1.54, 1.807) is 32.4 Å². The molecule has 0 spiro atoms. The minimum Gasteiger partial charge on any atom is -0.497 e. The molecule has 1 fully saturated rings. The number of nitrogens with two attached hydrogens (primary N) is 1. The number of nitrogen functional groups attached to an aromatic ring is 1. The minimum atomic E-state index is -0.187. The second-order valence-corrected chi connectivity index (χ2v) is 8.16. The van der Waals surface area contributed by atoms with E-state index in [4.69, 9.17) is 15.3 Å². The van der Waals surface area contributed by atoms with Crippen LogP contribution in [0.25, 0.3) is 0 Å². The van der Waals surface area contributed by atoms with Crippen LogP contribution in [0.1, 0.15) is 44.3 Å². The Labute approximate surface area is 175 Å². The highest BCUT2D eigenvalue weighted by Gasteiger charge is 2.17. The Bertz CT molecular complexity index is 820. The van der Waals surface area contributed by atoms with Crippen LogP contribution >= 0.6 is 11.8 Å².